The number of pyridine rings is 1. The molecule has 3 aromatic heterocycles. The van der Waals surface area contributed by atoms with Gasteiger partial charge in [0.1, 0.15) is 17.5 Å². The third-order valence-corrected chi connectivity index (χ3v) is 7.76. The van der Waals surface area contributed by atoms with Crippen LogP contribution in [0.2, 0.25) is 10.0 Å². The van der Waals surface area contributed by atoms with Crippen LogP contribution in [0.1, 0.15) is 25.5 Å². The van der Waals surface area contributed by atoms with E-state index >= 15 is 0 Å². The quantitative estimate of drug-likeness (QED) is 0.0982. The number of ether oxygens (including phenoxy) is 3. The van der Waals surface area contributed by atoms with Crippen LogP contribution in [0.4, 0.5) is 0 Å². The Morgan fingerprint density at radius 1 is 1.09 bits per heavy atom. The lowest BCUT2D eigenvalue weighted by atomic mass is 10.1. The Hall–Kier alpha value is -1.49. The lowest BCUT2D eigenvalue weighted by molar-refractivity contribution is 0.0488. The molecule has 1 unspecified atom stereocenters. The van der Waals surface area contributed by atoms with Gasteiger partial charge in [0, 0.05) is 41.7 Å². The van der Waals surface area contributed by atoms with Gasteiger partial charge in [-0.1, -0.05) is 23.2 Å². The van der Waals surface area contributed by atoms with Crippen molar-refractivity contribution >= 4 is 62.5 Å². The van der Waals surface area contributed by atoms with Crippen molar-refractivity contribution in [2.75, 3.05) is 26.4 Å². The fourth-order valence-electron chi connectivity index (χ4n) is 3.65. The van der Waals surface area contributed by atoms with Gasteiger partial charge in [-0.05, 0) is 54.1 Å². The van der Waals surface area contributed by atoms with Gasteiger partial charge in [0.2, 0.25) is 0 Å². The molecule has 0 fully saturated rings. The second kappa shape index (κ2) is 12.7. The summed E-state index contributed by atoms with van der Waals surface area (Å²) in [5, 5.41) is 11.3. The van der Waals surface area contributed by atoms with Crippen molar-refractivity contribution in [3.05, 3.63) is 58.6 Å². The topological polar surface area (TPSA) is 76.2 Å². The van der Waals surface area contributed by atoms with E-state index in [9.17, 15) is 0 Å². The molecule has 0 N–H and O–H groups in total. The molecule has 3 heterocycles. The summed E-state index contributed by atoms with van der Waals surface area (Å²) in [5.41, 5.74) is 3.52. The molecule has 0 aliphatic carbocycles. The van der Waals surface area contributed by atoms with E-state index in [2.05, 4.69) is 32.1 Å². The molecule has 0 radical (unpaired) electrons. The van der Waals surface area contributed by atoms with E-state index in [4.69, 9.17) is 42.5 Å². The minimum Gasteiger partial charge on any atom is -0.486 e. The van der Waals surface area contributed by atoms with Crippen LogP contribution >= 0.6 is 51.6 Å². The van der Waals surface area contributed by atoms with E-state index in [0.29, 0.717) is 60.7 Å². The first kappa shape index (κ1) is 26.6. The molecule has 0 bridgehead atoms. The SMILES string of the molecule is CCOCCOCCn1cc(-c2nn(PI)c3ccc(O[C@H](C)c4c(Cl)cncc4Cl)cc23)cn1. The van der Waals surface area contributed by atoms with Crippen molar-refractivity contribution in [2.45, 2.75) is 26.5 Å². The zero-order chi connectivity index (χ0) is 24.8. The molecule has 8 nitrogen and oxygen atoms in total. The smallest absolute Gasteiger partial charge is 0.124 e. The molecule has 0 amide bonds. The Labute approximate surface area is 228 Å². The second-order valence-electron chi connectivity index (χ2n) is 7.60. The van der Waals surface area contributed by atoms with Gasteiger partial charge in [-0.3, -0.25) is 9.67 Å². The predicted molar refractivity (Wildman–Crippen MR) is 149 cm³/mol. The summed E-state index contributed by atoms with van der Waals surface area (Å²) < 4.78 is 21.0. The van der Waals surface area contributed by atoms with Crippen LogP contribution in [-0.4, -0.2) is 50.7 Å². The average Bonchev–Trinajstić information content (AvgIpc) is 3.45. The van der Waals surface area contributed by atoms with Crippen LogP contribution in [0, 0.1) is 0 Å². The minimum atomic E-state index is -0.356. The molecule has 186 valence electrons. The van der Waals surface area contributed by atoms with E-state index < -0.39 is 0 Å². The average molecular weight is 648 g/mol. The highest BCUT2D eigenvalue weighted by molar-refractivity contribution is 14.2. The first-order chi connectivity index (χ1) is 17.0. The molecule has 0 saturated carbocycles. The summed E-state index contributed by atoms with van der Waals surface area (Å²) >= 11 is 15.0. The van der Waals surface area contributed by atoms with Crippen LogP contribution in [0.3, 0.4) is 0 Å². The Morgan fingerprint density at radius 2 is 1.86 bits per heavy atom. The summed E-state index contributed by atoms with van der Waals surface area (Å²) in [6.07, 6.45) is 7.05. The molecule has 1 aromatic carbocycles. The van der Waals surface area contributed by atoms with Gasteiger partial charge in [0.05, 0.1) is 54.5 Å². The van der Waals surface area contributed by atoms with Gasteiger partial charge in [-0.15, -0.1) is 0 Å². The molecule has 0 aliphatic heterocycles. The van der Waals surface area contributed by atoms with Crippen LogP contribution in [0.15, 0.2) is 43.0 Å². The van der Waals surface area contributed by atoms with E-state index in [1.807, 2.05) is 53.6 Å². The number of halogens is 3. The zero-order valence-electron chi connectivity index (χ0n) is 19.2. The van der Waals surface area contributed by atoms with Gasteiger partial charge in [0.15, 0.2) is 0 Å². The third-order valence-electron chi connectivity index (χ3n) is 5.29. The fourth-order valence-corrected chi connectivity index (χ4v) is 5.85. The van der Waals surface area contributed by atoms with Crippen molar-refractivity contribution in [1.82, 2.24) is 24.3 Å². The Kier molecular flexibility index (Phi) is 9.60. The minimum absolute atomic E-state index is 0.356. The summed E-state index contributed by atoms with van der Waals surface area (Å²) in [5.74, 6) is 0.696. The lowest BCUT2D eigenvalue weighted by Crippen LogP contribution is -2.10. The molecular formula is C23H25Cl2IN5O3P. The van der Waals surface area contributed by atoms with Crippen molar-refractivity contribution in [3.8, 4) is 17.0 Å². The number of nitrogens with zero attached hydrogens (tertiary/aromatic N) is 5. The standard InChI is InChI=1S/C23H25Cl2IN5O3P/c1-3-32-8-9-33-7-6-30-14-16(11-28-30)23-18-10-17(4-5-21(18)31(29-23)35-26)34-15(2)22-19(24)12-27-13-20(22)25/h4-5,10-15,35H,3,6-9H2,1-2H3/t15-/m1/s1. The van der Waals surface area contributed by atoms with Crippen molar-refractivity contribution < 1.29 is 14.2 Å². The number of hydrogen-bond acceptors (Lipinski definition) is 6. The van der Waals surface area contributed by atoms with Crippen LogP contribution in [0.5, 0.6) is 5.75 Å². The highest BCUT2D eigenvalue weighted by atomic mass is 127. The van der Waals surface area contributed by atoms with Gasteiger partial charge in [-0.2, -0.15) is 10.2 Å². The maximum absolute atomic E-state index is 6.32. The van der Waals surface area contributed by atoms with Crippen molar-refractivity contribution in [3.63, 3.8) is 0 Å². The number of hydrogen-bond donors (Lipinski definition) is 0. The molecule has 2 atom stereocenters. The van der Waals surface area contributed by atoms with Crippen LogP contribution in [0.25, 0.3) is 22.2 Å². The fraction of sp³-hybridized carbons (Fsp3) is 0.348. The summed E-state index contributed by atoms with van der Waals surface area (Å²) in [6.45, 7) is 6.97. The number of aromatic nitrogens is 5. The molecule has 35 heavy (non-hydrogen) atoms. The molecule has 4 rings (SSSR count). The summed E-state index contributed by atoms with van der Waals surface area (Å²) in [4.78, 5) is 4.02. The first-order valence-corrected chi connectivity index (χ1v) is 15.9. The molecule has 0 saturated heterocycles. The molecular weight excluding hydrogens is 623 g/mol. The highest BCUT2D eigenvalue weighted by Crippen LogP contribution is 2.38. The van der Waals surface area contributed by atoms with Crippen molar-refractivity contribution in [1.29, 1.82) is 0 Å². The Bertz CT molecular complexity index is 1270. The number of fused-ring (bicyclic) bond motifs is 1. The molecule has 12 heteroatoms. The van der Waals surface area contributed by atoms with Crippen LogP contribution in [-0.2, 0) is 16.0 Å². The van der Waals surface area contributed by atoms with E-state index in [1.54, 1.807) is 12.4 Å². The summed E-state index contributed by atoms with van der Waals surface area (Å²) in [7, 11) is 0. The first-order valence-electron chi connectivity index (χ1n) is 11.0. The van der Waals surface area contributed by atoms with E-state index in [-0.39, 0.29) is 6.10 Å². The second-order valence-corrected chi connectivity index (χ2v) is 10.5. The van der Waals surface area contributed by atoms with Gasteiger partial charge < -0.3 is 14.2 Å². The van der Waals surface area contributed by atoms with Gasteiger partial charge in [-0.25, -0.2) is 4.45 Å². The van der Waals surface area contributed by atoms with E-state index in [0.717, 1.165) is 22.2 Å². The maximum Gasteiger partial charge on any atom is 0.124 e. The normalized spacial score (nSPS) is 12.7. The predicted octanol–water partition coefficient (Wildman–Crippen LogP) is 6.59. The third kappa shape index (κ3) is 6.45. The van der Waals surface area contributed by atoms with Crippen molar-refractivity contribution in [2.24, 2.45) is 0 Å². The number of benzene rings is 1. The highest BCUT2D eigenvalue weighted by Gasteiger charge is 2.18. The van der Waals surface area contributed by atoms with Gasteiger partial charge >= 0.3 is 0 Å². The Balaban J connectivity index is 1.54. The van der Waals surface area contributed by atoms with E-state index in [1.165, 1.54) is 0 Å². The monoisotopic (exact) mass is 647 g/mol. The maximum atomic E-state index is 6.32. The lowest BCUT2D eigenvalue weighted by Gasteiger charge is -2.17. The molecule has 0 aliphatic rings. The summed E-state index contributed by atoms with van der Waals surface area (Å²) in [6, 6.07) is 5.95. The molecule has 0 spiro atoms. The molecule has 4 aromatic rings. The largest absolute Gasteiger partial charge is 0.486 e. The Morgan fingerprint density at radius 3 is 2.60 bits per heavy atom. The van der Waals surface area contributed by atoms with Crippen LogP contribution < -0.4 is 4.74 Å². The number of rotatable bonds is 12. The van der Waals surface area contributed by atoms with Gasteiger partial charge in [0.25, 0.3) is 0 Å². The zero-order valence-corrected chi connectivity index (χ0v) is 23.9.